The third-order valence-electron chi connectivity index (χ3n) is 3.55. The quantitative estimate of drug-likeness (QED) is 0.653. The monoisotopic (exact) mass is 284 g/mol. The summed E-state index contributed by atoms with van der Waals surface area (Å²) in [6.07, 6.45) is 2.16. The molecular formula is C17H20N2O2. The van der Waals surface area contributed by atoms with Crippen LogP contribution < -0.4 is 5.73 Å². The largest absolute Gasteiger partial charge is 0.327 e. The van der Waals surface area contributed by atoms with E-state index in [9.17, 15) is 10.1 Å². The summed E-state index contributed by atoms with van der Waals surface area (Å²) >= 11 is 0. The van der Waals surface area contributed by atoms with E-state index >= 15 is 0 Å². The Morgan fingerprint density at radius 2 is 1.95 bits per heavy atom. The second kappa shape index (κ2) is 6.99. The number of para-hydroxylation sites is 1. The van der Waals surface area contributed by atoms with Crippen LogP contribution in [0, 0.1) is 17.0 Å². The molecule has 4 nitrogen and oxygen atoms in total. The van der Waals surface area contributed by atoms with E-state index in [0.29, 0.717) is 6.42 Å². The molecule has 21 heavy (non-hydrogen) atoms. The minimum Gasteiger partial charge on any atom is -0.327 e. The number of aryl methyl sites for hydroxylation is 2. The Balaban J connectivity index is 1.95. The zero-order chi connectivity index (χ0) is 15.2. The van der Waals surface area contributed by atoms with Crippen molar-refractivity contribution in [3.8, 4) is 0 Å². The highest BCUT2D eigenvalue weighted by molar-refractivity contribution is 5.39. The molecule has 0 fully saturated rings. The van der Waals surface area contributed by atoms with E-state index in [0.717, 1.165) is 18.4 Å². The molecule has 0 amide bonds. The average Bonchev–Trinajstić information content (AvgIpc) is 2.45. The van der Waals surface area contributed by atoms with Crippen molar-refractivity contribution < 1.29 is 4.92 Å². The van der Waals surface area contributed by atoms with E-state index in [1.165, 1.54) is 11.1 Å². The van der Waals surface area contributed by atoms with Gasteiger partial charge in [0.05, 0.1) is 4.92 Å². The number of nitrogens with two attached hydrogens (primary N) is 1. The van der Waals surface area contributed by atoms with Gasteiger partial charge in [-0.1, -0.05) is 48.0 Å². The second-order valence-corrected chi connectivity index (χ2v) is 5.38. The summed E-state index contributed by atoms with van der Waals surface area (Å²) in [5.74, 6) is 0. The molecule has 2 N–H and O–H groups in total. The zero-order valence-corrected chi connectivity index (χ0v) is 12.2. The number of hydrogen-bond acceptors (Lipinski definition) is 3. The van der Waals surface area contributed by atoms with E-state index in [2.05, 4.69) is 25.1 Å². The molecule has 2 rings (SSSR count). The van der Waals surface area contributed by atoms with Gasteiger partial charge in [0.1, 0.15) is 0 Å². The predicted molar refractivity (Wildman–Crippen MR) is 84.3 cm³/mol. The third-order valence-corrected chi connectivity index (χ3v) is 3.55. The highest BCUT2D eigenvalue weighted by Gasteiger charge is 2.13. The standard InChI is InChI=1S/C17H20N2O2/c1-13-5-4-6-14(11-13)12-16(18)10-9-15-7-2-3-8-17(15)19(20)21/h2-8,11,16H,9-10,12,18H2,1H3. The van der Waals surface area contributed by atoms with Crippen LogP contribution in [0.2, 0.25) is 0 Å². The highest BCUT2D eigenvalue weighted by Crippen LogP contribution is 2.20. The van der Waals surface area contributed by atoms with Crippen molar-refractivity contribution in [2.24, 2.45) is 5.73 Å². The maximum Gasteiger partial charge on any atom is 0.272 e. The van der Waals surface area contributed by atoms with E-state index < -0.39 is 0 Å². The molecule has 0 radical (unpaired) electrons. The molecule has 110 valence electrons. The maximum atomic E-state index is 11.0. The summed E-state index contributed by atoms with van der Waals surface area (Å²) in [5, 5.41) is 11.0. The Labute approximate surface area is 124 Å². The number of benzene rings is 2. The summed E-state index contributed by atoms with van der Waals surface area (Å²) < 4.78 is 0. The van der Waals surface area contributed by atoms with Crippen LogP contribution in [0.1, 0.15) is 23.1 Å². The lowest BCUT2D eigenvalue weighted by Gasteiger charge is -2.12. The van der Waals surface area contributed by atoms with Gasteiger partial charge >= 0.3 is 0 Å². The van der Waals surface area contributed by atoms with Crippen molar-refractivity contribution in [3.05, 3.63) is 75.3 Å². The minimum atomic E-state index is -0.332. The van der Waals surface area contributed by atoms with Crippen molar-refractivity contribution >= 4 is 5.69 Å². The fourth-order valence-electron chi connectivity index (χ4n) is 2.49. The van der Waals surface area contributed by atoms with Crippen molar-refractivity contribution in [1.29, 1.82) is 0 Å². The molecular weight excluding hydrogens is 264 g/mol. The molecule has 0 aliphatic heterocycles. The van der Waals surface area contributed by atoms with Gasteiger partial charge in [0.25, 0.3) is 5.69 Å². The van der Waals surface area contributed by atoms with E-state index in [-0.39, 0.29) is 16.7 Å². The summed E-state index contributed by atoms with van der Waals surface area (Å²) in [6.45, 7) is 2.06. The molecule has 0 saturated heterocycles. The predicted octanol–water partition coefficient (Wildman–Crippen LogP) is 3.41. The average molecular weight is 284 g/mol. The topological polar surface area (TPSA) is 69.2 Å². The number of nitrogens with zero attached hydrogens (tertiary/aromatic N) is 1. The molecule has 0 aliphatic rings. The lowest BCUT2D eigenvalue weighted by Crippen LogP contribution is -2.23. The molecule has 0 heterocycles. The van der Waals surface area contributed by atoms with Crippen LogP contribution in [-0.2, 0) is 12.8 Å². The van der Waals surface area contributed by atoms with E-state index in [1.807, 2.05) is 12.1 Å². The first kappa shape index (κ1) is 15.2. The second-order valence-electron chi connectivity index (χ2n) is 5.38. The molecule has 1 unspecified atom stereocenters. The Bertz CT molecular complexity index is 626. The van der Waals surface area contributed by atoms with Gasteiger partial charge in [0, 0.05) is 17.7 Å². The van der Waals surface area contributed by atoms with Gasteiger partial charge in [0.2, 0.25) is 0 Å². The van der Waals surface area contributed by atoms with Crippen LogP contribution in [0.25, 0.3) is 0 Å². The Morgan fingerprint density at radius 3 is 2.67 bits per heavy atom. The molecule has 0 aliphatic carbocycles. The van der Waals surface area contributed by atoms with Gasteiger partial charge in [-0.3, -0.25) is 10.1 Å². The fraction of sp³-hybridized carbons (Fsp3) is 0.294. The normalized spacial score (nSPS) is 12.1. The molecule has 1 atom stereocenters. The zero-order valence-electron chi connectivity index (χ0n) is 12.2. The summed E-state index contributed by atoms with van der Waals surface area (Å²) in [5.41, 5.74) is 9.53. The molecule has 0 bridgehead atoms. The molecule has 4 heteroatoms. The number of rotatable bonds is 6. The highest BCUT2D eigenvalue weighted by atomic mass is 16.6. The van der Waals surface area contributed by atoms with Crippen molar-refractivity contribution in [2.45, 2.75) is 32.2 Å². The molecule has 0 saturated carbocycles. The number of nitro benzene ring substituents is 1. The number of hydrogen-bond donors (Lipinski definition) is 1. The Morgan fingerprint density at radius 1 is 1.19 bits per heavy atom. The van der Waals surface area contributed by atoms with Gasteiger partial charge < -0.3 is 5.73 Å². The smallest absolute Gasteiger partial charge is 0.272 e. The summed E-state index contributed by atoms with van der Waals surface area (Å²) in [4.78, 5) is 10.6. The van der Waals surface area contributed by atoms with Crippen LogP contribution in [0.3, 0.4) is 0 Å². The summed E-state index contributed by atoms with van der Waals surface area (Å²) in [7, 11) is 0. The Hall–Kier alpha value is -2.20. The fourth-order valence-corrected chi connectivity index (χ4v) is 2.49. The van der Waals surface area contributed by atoms with E-state index in [1.54, 1.807) is 18.2 Å². The van der Waals surface area contributed by atoms with Crippen molar-refractivity contribution in [3.63, 3.8) is 0 Å². The minimum absolute atomic E-state index is 0.00612. The van der Waals surface area contributed by atoms with Gasteiger partial charge in [-0.25, -0.2) is 0 Å². The van der Waals surface area contributed by atoms with Gasteiger partial charge in [-0.2, -0.15) is 0 Å². The maximum absolute atomic E-state index is 11.0. The SMILES string of the molecule is Cc1cccc(CC(N)CCc2ccccc2[N+](=O)[O-])c1. The Kier molecular flexibility index (Phi) is 5.06. The molecule has 2 aromatic carbocycles. The van der Waals surface area contributed by atoms with Crippen LogP contribution >= 0.6 is 0 Å². The van der Waals surface area contributed by atoms with E-state index in [4.69, 9.17) is 5.73 Å². The first-order valence-electron chi connectivity index (χ1n) is 7.09. The van der Waals surface area contributed by atoms with Crippen LogP contribution in [0.4, 0.5) is 5.69 Å². The molecule has 2 aromatic rings. The number of nitro groups is 1. The van der Waals surface area contributed by atoms with Crippen molar-refractivity contribution in [2.75, 3.05) is 0 Å². The lowest BCUT2D eigenvalue weighted by atomic mass is 9.98. The van der Waals surface area contributed by atoms with Gasteiger partial charge in [-0.15, -0.1) is 0 Å². The molecule has 0 aromatic heterocycles. The van der Waals surface area contributed by atoms with Gasteiger partial charge in [-0.05, 0) is 31.7 Å². The van der Waals surface area contributed by atoms with Crippen LogP contribution in [0.15, 0.2) is 48.5 Å². The molecule has 0 spiro atoms. The summed E-state index contributed by atoms with van der Waals surface area (Å²) in [6, 6.07) is 15.2. The van der Waals surface area contributed by atoms with Crippen LogP contribution in [-0.4, -0.2) is 11.0 Å². The first-order chi connectivity index (χ1) is 10.1. The van der Waals surface area contributed by atoms with Gasteiger partial charge in [0.15, 0.2) is 0 Å². The first-order valence-corrected chi connectivity index (χ1v) is 7.09. The third kappa shape index (κ3) is 4.39. The van der Waals surface area contributed by atoms with Crippen LogP contribution in [0.5, 0.6) is 0 Å². The lowest BCUT2D eigenvalue weighted by molar-refractivity contribution is -0.385. The van der Waals surface area contributed by atoms with Crippen molar-refractivity contribution in [1.82, 2.24) is 0 Å².